The first kappa shape index (κ1) is 24.6. The van der Waals surface area contributed by atoms with Crippen molar-refractivity contribution in [3.63, 3.8) is 0 Å². The van der Waals surface area contributed by atoms with Gasteiger partial charge in [-0.05, 0) is 55.7 Å². The molecule has 0 aliphatic carbocycles. The SMILES string of the molecule is COc1ccc([C@@H](CC(=O)O)NC(=O)CCc2c(C)c3ccc(O)c(C)c3oc2=O)cc1OC. The summed E-state index contributed by atoms with van der Waals surface area (Å²) in [7, 11) is 2.95. The maximum atomic E-state index is 12.7. The van der Waals surface area contributed by atoms with E-state index in [1.807, 2.05) is 0 Å². The van der Waals surface area contributed by atoms with E-state index in [1.54, 1.807) is 38.1 Å². The van der Waals surface area contributed by atoms with E-state index in [4.69, 9.17) is 13.9 Å². The number of hydrogen-bond acceptors (Lipinski definition) is 7. The summed E-state index contributed by atoms with van der Waals surface area (Å²) in [6.07, 6.45) is -0.264. The number of hydrogen-bond donors (Lipinski definition) is 3. The lowest BCUT2D eigenvalue weighted by Gasteiger charge is -2.19. The van der Waals surface area contributed by atoms with E-state index in [2.05, 4.69) is 5.32 Å². The molecule has 1 aromatic heterocycles. The fourth-order valence-corrected chi connectivity index (χ4v) is 3.87. The number of aryl methyl sites for hydroxylation is 2. The molecule has 34 heavy (non-hydrogen) atoms. The number of ether oxygens (including phenoxy) is 2. The number of methoxy groups -OCH3 is 2. The Hall–Kier alpha value is -4.01. The zero-order valence-electron chi connectivity index (χ0n) is 19.4. The van der Waals surface area contributed by atoms with Gasteiger partial charge in [-0.25, -0.2) is 4.79 Å². The molecular formula is C25H27NO8. The number of carboxylic acid groups (broad SMARTS) is 1. The molecule has 9 heteroatoms. The second-order valence-electron chi connectivity index (χ2n) is 7.91. The minimum atomic E-state index is -1.08. The summed E-state index contributed by atoms with van der Waals surface area (Å²) in [4.78, 5) is 36.7. The number of carbonyl (C=O) groups is 2. The van der Waals surface area contributed by atoms with Gasteiger partial charge in [-0.15, -0.1) is 0 Å². The van der Waals surface area contributed by atoms with Gasteiger partial charge in [0, 0.05) is 22.9 Å². The monoisotopic (exact) mass is 469 g/mol. The van der Waals surface area contributed by atoms with Crippen LogP contribution in [0.1, 0.15) is 41.1 Å². The van der Waals surface area contributed by atoms with Gasteiger partial charge in [0.15, 0.2) is 11.5 Å². The molecule has 3 rings (SSSR count). The number of aliphatic carboxylic acids is 1. The molecule has 0 bridgehead atoms. The zero-order chi connectivity index (χ0) is 25.0. The molecule has 0 radical (unpaired) electrons. The van der Waals surface area contributed by atoms with Gasteiger partial charge < -0.3 is 29.4 Å². The van der Waals surface area contributed by atoms with E-state index >= 15 is 0 Å². The molecule has 180 valence electrons. The zero-order valence-corrected chi connectivity index (χ0v) is 19.4. The summed E-state index contributed by atoms with van der Waals surface area (Å²) in [6.45, 7) is 3.42. The number of benzene rings is 2. The Kier molecular flexibility index (Phi) is 7.45. The van der Waals surface area contributed by atoms with Gasteiger partial charge in [0.25, 0.3) is 0 Å². The number of aromatic hydroxyl groups is 1. The Morgan fingerprint density at radius 3 is 2.41 bits per heavy atom. The first-order valence-electron chi connectivity index (χ1n) is 10.6. The topological polar surface area (TPSA) is 135 Å². The van der Waals surface area contributed by atoms with Crippen molar-refractivity contribution in [2.24, 2.45) is 0 Å². The summed E-state index contributed by atoms with van der Waals surface area (Å²) in [5.74, 6) is -0.572. The van der Waals surface area contributed by atoms with Crippen LogP contribution >= 0.6 is 0 Å². The average molecular weight is 469 g/mol. The van der Waals surface area contributed by atoms with Crippen LogP contribution in [0, 0.1) is 13.8 Å². The van der Waals surface area contributed by atoms with Crippen LogP contribution in [0.4, 0.5) is 0 Å². The first-order valence-corrected chi connectivity index (χ1v) is 10.6. The molecule has 1 atom stereocenters. The molecule has 0 fully saturated rings. The van der Waals surface area contributed by atoms with Gasteiger partial charge >= 0.3 is 11.6 Å². The second kappa shape index (κ2) is 10.3. The highest BCUT2D eigenvalue weighted by molar-refractivity contribution is 5.85. The van der Waals surface area contributed by atoms with E-state index in [-0.39, 0.29) is 25.0 Å². The van der Waals surface area contributed by atoms with Gasteiger partial charge in [0.05, 0.1) is 26.7 Å². The van der Waals surface area contributed by atoms with Crippen molar-refractivity contribution in [2.45, 2.75) is 39.2 Å². The van der Waals surface area contributed by atoms with Crippen molar-refractivity contribution >= 4 is 22.8 Å². The third-order valence-electron chi connectivity index (χ3n) is 5.80. The van der Waals surface area contributed by atoms with Crippen LogP contribution in [0.25, 0.3) is 11.0 Å². The largest absolute Gasteiger partial charge is 0.508 e. The van der Waals surface area contributed by atoms with Crippen LogP contribution in [0.15, 0.2) is 39.5 Å². The maximum absolute atomic E-state index is 12.7. The molecule has 0 saturated heterocycles. The number of nitrogens with one attached hydrogen (secondary N) is 1. The summed E-state index contributed by atoms with van der Waals surface area (Å²) >= 11 is 0. The summed E-state index contributed by atoms with van der Waals surface area (Å²) in [5.41, 5.74) is 1.77. The fraction of sp³-hybridized carbons (Fsp3) is 0.320. The minimum Gasteiger partial charge on any atom is -0.508 e. The number of rotatable bonds is 9. The third kappa shape index (κ3) is 5.14. The molecule has 0 spiro atoms. The fourth-order valence-electron chi connectivity index (χ4n) is 3.87. The highest BCUT2D eigenvalue weighted by Gasteiger charge is 2.21. The summed E-state index contributed by atoms with van der Waals surface area (Å²) < 4.78 is 15.9. The van der Waals surface area contributed by atoms with E-state index < -0.39 is 23.5 Å². The Morgan fingerprint density at radius 1 is 1.06 bits per heavy atom. The number of carboxylic acids is 1. The Balaban J connectivity index is 1.81. The molecule has 0 saturated carbocycles. The molecule has 0 unspecified atom stereocenters. The van der Waals surface area contributed by atoms with Crippen molar-refractivity contribution in [1.82, 2.24) is 5.32 Å². The maximum Gasteiger partial charge on any atom is 0.339 e. The quantitative estimate of drug-likeness (QED) is 0.406. The van der Waals surface area contributed by atoms with Gasteiger partial charge in [0.1, 0.15) is 11.3 Å². The van der Waals surface area contributed by atoms with Gasteiger partial charge in [-0.3, -0.25) is 9.59 Å². The van der Waals surface area contributed by atoms with Crippen molar-refractivity contribution in [3.8, 4) is 17.2 Å². The first-order chi connectivity index (χ1) is 16.2. The van der Waals surface area contributed by atoms with Crippen LogP contribution < -0.4 is 20.4 Å². The van der Waals surface area contributed by atoms with Crippen LogP contribution in [0.3, 0.4) is 0 Å². The number of fused-ring (bicyclic) bond motifs is 1. The lowest BCUT2D eigenvalue weighted by Crippen LogP contribution is -2.30. The van der Waals surface area contributed by atoms with E-state index in [0.29, 0.717) is 44.7 Å². The molecule has 0 aliphatic rings. The molecule has 1 heterocycles. The molecule has 2 aromatic carbocycles. The van der Waals surface area contributed by atoms with Crippen molar-refractivity contribution in [1.29, 1.82) is 0 Å². The number of phenolic OH excluding ortho intramolecular Hbond substituents is 1. The van der Waals surface area contributed by atoms with Crippen molar-refractivity contribution < 1.29 is 33.7 Å². The van der Waals surface area contributed by atoms with Crippen LogP contribution in [-0.2, 0) is 16.0 Å². The van der Waals surface area contributed by atoms with E-state index in [1.165, 1.54) is 20.3 Å². The number of amides is 1. The van der Waals surface area contributed by atoms with Crippen molar-refractivity contribution in [3.05, 3.63) is 63.0 Å². The minimum absolute atomic E-state index is 0.0295. The van der Waals surface area contributed by atoms with E-state index in [9.17, 15) is 24.6 Å². The summed E-state index contributed by atoms with van der Waals surface area (Å²) in [5, 5.41) is 22.6. The Morgan fingerprint density at radius 2 is 1.76 bits per heavy atom. The third-order valence-corrected chi connectivity index (χ3v) is 5.80. The molecule has 1 amide bonds. The molecule has 0 aliphatic heterocycles. The Labute approximate surface area is 195 Å². The highest BCUT2D eigenvalue weighted by Crippen LogP contribution is 2.31. The predicted octanol–water partition coefficient (Wildman–Crippen LogP) is 3.40. The van der Waals surface area contributed by atoms with Gasteiger partial charge in [-0.2, -0.15) is 0 Å². The molecule has 3 N–H and O–H groups in total. The van der Waals surface area contributed by atoms with Gasteiger partial charge in [-0.1, -0.05) is 6.07 Å². The normalized spacial score (nSPS) is 11.8. The Bertz CT molecular complexity index is 1290. The second-order valence-corrected chi connectivity index (χ2v) is 7.91. The molecule has 9 nitrogen and oxygen atoms in total. The lowest BCUT2D eigenvalue weighted by molar-refractivity contribution is -0.137. The summed E-state index contributed by atoms with van der Waals surface area (Å²) in [6, 6.07) is 7.31. The highest BCUT2D eigenvalue weighted by atomic mass is 16.5. The lowest BCUT2D eigenvalue weighted by atomic mass is 9.99. The predicted molar refractivity (Wildman–Crippen MR) is 125 cm³/mol. The average Bonchev–Trinajstić information content (AvgIpc) is 2.80. The molecule has 3 aromatic rings. The standard InChI is InChI=1S/C25H27NO8/c1-13-16-6-8-19(27)14(2)24(16)34-25(31)17(13)7-10-22(28)26-18(12-23(29)30)15-5-9-20(32-3)21(11-15)33-4/h5-6,8-9,11,18,27H,7,10,12H2,1-4H3,(H,26,28)(H,29,30)/t18-/m1/s1. The van der Waals surface area contributed by atoms with Gasteiger partial charge in [0.2, 0.25) is 5.91 Å². The van der Waals surface area contributed by atoms with Crippen molar-refractivity contribution in [2.75, 3.05) is 14.2 Å². The van der Waals surface area contributed by atoms with Crippen LogP contribution in [0.5, 0.6) is 17.2 Å². The smallest absolute Gasteiger partial charge is 0.339 e. The van der Waals surface area contributed by atoms with Crippen LogP contribution in [-0.4, -0.2) is 36.3 Å². The van der Waals surface area contributed by atoms with Crippen LogP contribution in [0.2, 0.25) is 0 Å². The number of carbonyl (C=O) groups excluding carboxylic acids is 1. The molecular weight excluding hydrogens is 442 g/mol. The number of phenols is 1. The van der Waals surface area contributed by atoms with E-state index in [0.717, 1.165) is 0 Å².